The summed E-state index contributed by atoms with van der Waals surface area (Å²) in [6.45, 7) is 5.46. The number of methoxy groups -OCH3 is 1. The van der Waals surface area contributed by atoms with Crippen molar-refractivity contribution in [3.8, 4) is 0 Å². The first kappa shape index (κ1) is 26.1. The fourth-order valence-corrected chi connectivity index (χ4v) is 5.41. The number of esters is 1. The van der Waals surface area contributed by atoms with E-state index in [4.69, 9.17) is 9.47 Å². The standard InChI is InChI=1S/C30H30N2O4S/c1-29(2,3)36-28(34)32-25(26-31-24(20-37-26)27(33)35-4)30(21-14-8-5-9-15-21,22-16-10-6-11-17-22)23-18-12-7-13-19-23/h5-20,25H,1-4H3,(H,32,34). The van der Waals surface area contributed by atoms with Crippen molar-refractivity contribution in [2.45, 2.75) is 37.8 Å². The molecule has 7 heteroatoms. The molecule has 0 aliphatic carbocycles. The summed E-state index contributed by atoms with van der Waals surface area (Å²) >= 11 is 1.29. The van der Waals surface area contributed by atoms with Crippen LogP contribution >= 0.6 is 11.3 Å². The Kier molecular flexibility index (Phi) is 7.74. The zero-order valence-electron chi connectivity index (χ0n) is 21.3. The highest BCUT2D eigenvalue weighted by atomic mass is 32.1. The van der Waals surface area contributed by atoms with Gasteiger partial charge >= 0.3 is 12.1 Å². The number of benzene rings is 3. The van der Waals surface area contributed by atoms with E-state index in [0.717, 1.165) is 16.7 Å². The lowest BCUT2D eigenvalue weighted by molar-refractivity contribution is 0.0488. The van der Waals surface area contributed by atoms with Gasteiger partial charge in [-0.15, -0.1) is 11.3 Å². The SMILES string of the molecule is COC(=O)c1csc(C(NC(=O)OC(C)(C)C)C(c2ccccc2)(c2ccccc2)c2ccccc2)n1. The first-order valence-corrected chi connectivity index (χ1v) is 12.8. The second-order valence-corrected chi connectivity index (χ2v) is 10.4. The van der Waals surface area contributed by atoms with Gasteiger partial charge in [-0.2, -0.15) is 0 Å². The average Bonchev–Trinajstić information content (AvgIpc) is 3.39. The summed E-state index contributed by atoms with van der Waals surface area (Å²) in [7, 11) is 1.32. The molecule has 0 spiro atoms. The van der Waals surface area contributed by atoms with E-state index in [-0.39, 0.29) is 5.69 Å². The van der Waals surface area contributed by atoms with Crippen molar-refractivity contribution in [2.24, 2.45) is 0 Å². The minimum Gasteiger partial charge on any atom is -0.464 e. The first-order chi connectivity index (χ1) is 17.8. The highest BCUT2D eigenvalue weighted by Crippen LogP contribution is 2.49. The minimum atomic E-state index is -0.911. The third-order valence-electron chi connectivity index (χ3n) is 5.94. The molecule has 0 aliphatic rings. The Morgan fingerprint density at radius 2 is 1.27 bits per heavy atom. The van der Waals surface area contributed by atoms with E-state index in [1.54, 1.807) is 5.38 Å². The summed E-state index contributed by atoms with van der Waals surface area (Å²) < 4.78 is 10.6. The summed E-state index contributed by atoms with van der Waals surface area (Å²) in [5.74, 6) is -0.539. The predicted molar refractivity (Wildman–Crippen MR) is 145 cm³/mol. The van der Waals surface area contributed by atoms with Crippen LogP contribution in [0.2, 0.25) is 0 Å². The number of thiazole rings is 1. The Balaban J connectivity index is 2.04. The molecule has 0 bridgehead atoms. The molecule has 1 aromatic heterocycles. The van der Waals surface area contributed by atoms with Crippen LogP contribution < -0.4 is 5.32 Å². The fraction of sp³-hybridized carbons (Fsp3) is 0.233. The molecular formula is C30H30N2O4S. The number of amides is 1. The van der Waals surface area contributed by atoms with Crippen LogP contribution in [0.15, 0.2) is 96.4 Å². The normalized spacial score (nSPS) is 12.4. The van der Waals surface area contributed by atoms with Crippen LogP contribution in [0, 0.1) is 0 Å². The van der Waals surface area contributed by atoms with Gasteiger partial charge in [-0.3, -0.25) is 0 Å². The van der Waals surface area contributed by atoms with Crippen molar-refractivity contribution in [3.05, 3.63) is 124 Å². The molecule has 0 saturated carbocycles. The van der Waals surface area contributed by atoms with Crippen LogP contribution in [-0.4, -0.2) is 29.8 Å². The molecule has 1 unspecified atom stereocenters. The molecule has 3 aromatic carbocycles. The number of nitrogens with one attached hydrogen (secondary N) is 1. The van der Waals surface area contributed by atoms with Crippen molar-refractivity contribution in [3.63, 3.8) is 0 Å². The predicted octanol–water partition coefficient (Wildman–Crippen LogP) is 6.53. The van der Waals surface area contributed by atoms with Gasteiger partial charge in [-0.1, -0.05) is 91.0 Å². The Morgan fingerprint density at radius 3 is 1.68 bits per heavy atom. The lowest BCUT2D eigenvalue weighted by atomic mass is 9.64. The van der Waals surface area contributed by atoms with Crippen LogP contribution in [0.1, 0.15) is 59.0 Å². The van der Waals surface area contributed by atoms with Crippen molar-refractivity contribution in [2.75, 3.05) is 7.11 Å². The number of ether oxygens (including phenoxy) is 2. The van der Waals surface area contributed by atoms with Gasteiger partial charge in [0.2, 0.25) is 0 Å². The number of hydrogen-bond acceptors (Lipinski definition) is 6. The largest absolute Gasteiger partial charge is 0.464 e. The van der Waals surface area contributed by atoms with Gasteiger partial charge in [-0.25, -0.2) is 14.6 Å². The monoisotopic (exact) mass is 514 g/mol. The molecule has 1 heterocycles. The lowest BCUT2D eigenvalue weighted by Crippen LogP contribution is -2.47. The van der Waals surface area contributed by atoms with Gasteiger partial charge < -0.3 is 14.8 Å². The molecule has 190 valence electrons. The molecule has 37 heavy (non-hydrogen) atoms. The molecule has 1 N–H and O–H groups in total. The maximum Gasteiger partial charge on any atom is 0.408 e. The van der Waals surface area contributed by atoms with Gasteiger partial charge in [0, 0.05) is 5.38 Å². The average molecular weight is 515 g/mol. The highest BCUT2D eigenvalue weighted by Gasteiger charge is 2.47. The zero-order valence-corrected chi connectivity index (χ0v) is 22.1. The van der Waals surface area contributed by atoms with Crippen molar-refractivity contribution in [1.82, 2.24) is 10.3 Å². The van der Waals surface area contributed by atoms with Crippen molar-refractivity contribution >= 4 is 23.4 Å². The molecule has 6 nitrogen and oxygen atoms in total. The maximum atomic E-state index is 13.3. The highest BCUT2D eigenvalue weighted by molar-refractivity contribution is 7.10. The second kappa shape index (κ2) is 11.0. The van der Waals surface area contributed by atoms with Crippen molar-refractivity contribution in [1.29, 1.82) is 0 Å². The van der Waals surface area contributed by atoms with E-state index in [9.17, 15) is 9.59 Å². The number of carbonyl (C=O) groups is 2. The molecule has 0 saturated heterocycles. The summed E-state index contributed by atoms with van der Waals surface area (Å²) in [6.07, 6.45) is -0.584. The van der Waals surface area contributed by atoms with Gasteiger partial charge in [0.25, 0.3) is 0 Å². The van der Waals surface area contributed by atoms with Gasteiger partial charge in [0.15, 0.2) is 5.69 Å². The van der Waals surface area contributed by atoms with E-state index >= 15 is 0 Å². The van der Waals surface area contributed by atoms with E-state index in [2.05, 4.69) is 10.3 Å². The molecule has 0 radical (unpaired) electrons. The fourth-order valence-electron chi connectivity index (χ4n) is 4.50. The summed E-state index contributed by atoms with van der Waals surface area (Å²) in [6, 6.07) is 29.2. The number of alkyl carbamates (subject to hydrolysis) is 1. The van der Waals surface area contributed by atoms with Crippen LogP contribution in [-0.2, 0) is 14.9 Å². The Hall–Kier alpha value is -3.97. The molecule has 4 rings (SSSR count). The molecule has 1 atom stereocenters. The smallest absolute Gasteiger partial charge is 0.408 e. The van der Waals surface area contributed by atoms with Crippen LogP contribution in [0.3, 0.4) is 0 Å². The van der Waals surface area contributed by atoms with E-state index < -0.39 is 29.1 Å². The molecule has 1 amide bonds. The van der Waals surface area contributed by atoms with Gasteiger partial charge in [0.1, 0.15) is 16.7 Å². The number of hydrogen-bond donors (Lipinski definition) is 1. The van der Waals surface area contributed by atoms with E-state index in [1.165, 1.54) is 18.4 Å². The molecule has 0 fully saturated rings. The zero-order chi connectivity index (χ0) is 26.5. The summed E-state index contributed by atoms with van der Waals surface area (Å²) in [5.41, 5.74) is 1.41. The molecule has 0 aliphatic heterocycles. The third kappa shape index (κ3) is 5.57. The van der Waals surface area contributed by atoms with Crippen LogP contribution in [0.5, 0.6) is 0 Å². The summed E-state index contributed by atoms with van der Waals surface area (Å²) in [4.78, 5) is 30.3. The Labute approximate surface area is 221 Å². The van der Waals surface area contributed by atoms with Crippen LogP contribution in [0.25, 0.3) is 0 Å². The van der Waals surface area contributed by atoms with E-state index in [1.807, 2.05) is 112 Å². The Morgan fingerprint density at radius 1 is 0.811 bits per heavy atom. The quantitative estimate of drug-likeness (QED) is 0.224. The number of rotatable bonds is 7. The molecular weight excluding hydrogens is 484 g/mol. The number of aromatic nitrogens is 1. The number of carbonyl (C=O) groups excluding carboxylic acids is 2. The van der Waals surface area contributed by atoms with Gasteiger partial charge in [-0.05, 0) is 37.5 Å². The number of nitrogens with zero attached hydrogens (tertiary/aromatic N) is 1. The topological polar surface area (TPSA) is 77.5 Å². The minimum absolute atomic E-state index is 0.182. The van der Waals surface area contributed by atoms with E-state index in [0.29, 0.717) is 5.01 Å². The first-order valence-electron chi connectivity index (χ1n) is 12.0. The molecule has 4 aromatic rings. The van der Waals surface area contributed by atoms with Crippen molar-refractivity contribution < 1.29 is 19.1 Å². The second-order valence-electron chi connectivity index (χ2n) is 9.55. The third-order valence-corrected chi connectivity index (χ3v) is 6.85. The Bertz CT molecular complexity index is 1240. The summed E-state index contributed by atoms with van der Waals surface area (Å²) in [5, 5.41) is 5.32. The van der Waals surface area contributed by atoms with Crippen LogP contribution in [0.4, 0.5) is 4.79 Å². The van der Waals surface area contributed by atoms with Gasteiger partial charge in [0.05, 0.1) is 12.5 Å². The maximum absolute atomic E-state index is 13.3. The lowest BCUT2D eigenvalue weighted by Gasteiger charge is -2.42.